The Morgan fingerprint density at radius 2 is 2.00 bits per heavy atom. The van der Waals surface area contributed by atoms with Crippen LogP contribution in [0.4, 0.5) is 0 Å². The van der Waals surface area contributed by atoms with Crippen LogP contribution in [0.3, 0.4) is 0 Å². The predicted molar refractivity (Wildman–Crippen MR) is 121 cm³/mol. The van der Waals surface area contributed by atoms with Crippen LogP contribution < -0.4 is 9.47 Å². The van der Waals surface area contributed by atoms with Crippen LogP contribution in [0, 0.1) is 6.92 Å². The van der Waals surface area contributed by atoms with E-state index in [9.17, 15) is 0 Å². The van der Waals surface area contributed by atoms with E-state index in [4.69, 9.17) is 19.6 Å². The predicted octanol–water partition coefficient (Wildman–Crippen LogP) is 4.78. The Hall–Kier alpha value is -3.48. The molecule has 7 nitrogen and oxygen atoms in total. The van der Waals surface area contributed by atoms with E-state index in [1.807, 2.05) is 38.2 Å². The highest BCUT2D eigenvalue weighted by molar-refractivity contribution is 5.85. The Balaban J connectivity index is 1.94. The second kappa shape index (κ2) is 8.71. The number of aryl methyl sites for hydroxylation is 1. The maximum atomic E-state index is 5.77. The molecule has 0 bridgehead atoms. The minimum Gasteiger partial charge on any atom is -0.495 e. The molecule has 0 N–H and O–H groups in total. The van der Waals surface area contributed by atoms with Crippen LogP contribution in [-0.2, 0) is 6.42 Å². The van der Waals surface area contributed by atoms with Crippen molar-refractivity contribution in [3.05, 3.63) is 59.7 Å². The van der Waals surface area contributed by atoms with Gasteiger partial charge in [-0.05, 0) is 63.1 Å². The fourth-order valence-corrected chi connectivity index (χ4v) is 3.73. The molecule has 0 fully saturated rings. The molecule has 0 aliphatic heterocycles. The van der Waals surface area contributed by atoms with Crippen molar-refractivity contribution in [1.82, 2.24) is 24.7 Å². The lowest BCUT2D eigenvalue weighted by Crippen LogP contribution is -2.06. The number of fused-ring (bicyclic) bond motifs is 1. The van der Waals surface area contributed by atoms with Gasteiger partial charge < -0.3 is 9.47 Å². The molecule has 4 rings (SSSR count). The van der Waals surface area contributed by atoms with Crippen molar-refractivity contribution in [2.45, 2.75) is 40.2 Å². The lowest BCUT2D eigenvalue weighted by molar-refractivity contribution is 0.328. The summed E-state index contributed by atoms with van der Waals surface area (Å²) in [6.45, 7) is 8.75. The fraction of sp³-hybridized carbons (Fsp3) is 0.333. The Labute approximate surface area is 182 Å². The zero-order valence-corrected chi connectivity index (χ0v) is 18.6. The summed E-state index contributed by atoms with van der Waals surface area (Å²) in [5.74, 6) is 1.32. The third kappa shape index (κ3) is 4.08. The van der Waals surface area contributed by atoms with E-state index >= 15 is 0 Å². The fourth-order valence-electron chi connectivity index (χ4n) is 3.73. The molecule has 0 spiro atoms. The molecule has 0 aliphatic carbocycles. The van der Waals surface area contributed by atoms with Crippen LogP contribution in [0.2, 0.25) is 0 Å². The summed E-state index contributed by atoms with van der Waals surface area (Å²) in [5, 5.41) is 4.79. The first-order valence-electron chi connectivity index (χ1n) is 10.5. The number of rotatable bonds is 7. The first-order valence-corrected chi connectivity index (χ1v) is 10.5. The second-order valence-corrected chi connectivity index (χ2v) is 7.69. The van der Waals surface area contributed by atoms with Gasteiger partial charge in [0.25, 0.3) is 0 Å². The van der Waals surface area contributed by atoms with E-state index in [1.165, 1.54) is 0 Å². The highest BCUT2D eigenvalue weighted by atomic mass is 16.5. The molecule has 4 aromatic heterocycles. The summed E-state index contributed by atoms with van der Waals surface area (Å²) in [5.41, 5.74) is 6.70. The van der Waals surface area contributed by atoms with Crippen molar-refractivity contribution in [3.8, 4) is 22.9 Å². The van der Waals surface area contributed by atoms with Crippen molar-refractivity contribution < 1.29 is 9.47 Å². The number of methoxy groups -OCH3 is 1. The molecule has 160 valence electrons. The van der Waals surface area contributed by atoms with E-state index < -0.39 is 0 Å². The first kappa shape index (κ1) is 20.8. The standard InChI is InChI=1S/C24H27N5O2/c1-6-31-24-20(8-7-9-26-24)21-12-18(10-17-11-19(30-5)14-25-13-17)23-22(27-21)16(4)28-29(23)15(2)3/h7-9,11-15H,6,10H2,1-5H3. The molecule has 0 aliphatic rings. The Morgan fingerprint density at radius 3 is 2.74 bits per heavy atom. The molecule has 0 radical (unpaired) electrons. The van der Waals surface area contributed by atoms with Gasteiger partial charge >= 0.3 is 0 Å². The average Bonchev–Trinajstić information content (AvgIpc) is 3.12. The molecule has 0 amide bonds. The van der Waals surface area contributed by atoms with Gasteiger partial charge in [-0.15, -0.1) is 0 Å². The molecule has 0 aromatic carbocycles. The van der Waals surface area contributed by atoms with Crippen molar-refractivity contribution in [2.75, 3.05) is 13.7 Å². The van der Waals surface area contributed by atoms with Crippen LogP contribution >= 0.6 is 0 Å². The Morgan fingerprint density at radius 1 is 1.16 bits per heavy atom. The van der Waals surface area contributed by atoms with Gasteiger partial charge in [0, 0.05) is 24.9 Å². The molecular weight excluding hydrogens is 390 g/mol. The minimum absolute atomic E-state index is 0.211. The van der Waals surface area contributed by atoms with E-state index in [2.05, 4.69) is 34.6 Å². The largest absolute Gasteiger partial charge is 0.495 e. The molecule has 4 heterocycles. The summed E-state index contributed by atoms with van der Waals surface area (Å²) in [6, 6.07) is 8.23. The first-order chi connectivity index (χ1) is 15.0. The Kier molecular flexibility index (Phi) is 5.84. The van der Waals surface area contributed by atoms with E-state index in [1.54, 1.807) is 19.5 Å². The molecule has 0 saturated heterocycles. The lowest BCUT2D eigenvalue weighted by Gasteiger charge is -2.14. The van der Waals surface area contributed by atoms with Crippen LogP contribution in [0.15, 0.2) is 42.9 Å². The van der Waals surface area contributed by atoms with Crippen molar-refractivity contribution in [1.29, 1.82) is 0 Å². The lowest BCUT2D eigenvalue weighted by atomic mass is 10.0. The summed E-state index contributed by atoms with van der Waals surface area (Å²) in [6.07, 6.45) is 5.99. The molecule has 0 unspecified atom stereocenters. The highest BCUT2D eigenvalue weighted by Crippen LogP contribution is 2.33. The van der Waals surface area contributed by atoms with Gasteiger partial charge in [0.1, 0.15) is 11.3 Å². The molecule has 7 heteroatoms. The third-order valence-corrected chi connectivity index (χ3v) is 5.12. The van der Waals surface area contributed by atoms with Gasteiger partial charge in [-0.25, -0.2) is 9.97 Å². The quantitative estimate of drug-likeness (QED) is 0.431. The summed E-state index contributed by atoms with van der Waals surface area (Å²) in [7, 11) is 1.65. The van der Waals surface area contributed by atoms with Crippen LogP contribution in [0.25, 0.3) is 22.3 Å². The summed E-state index contributed by atoms with van der Waals surface area (Å²) >= 11 is 0. The normalized spacial score (nSPS) is 11.3. The monoisotopic (exact) mass is 417 g/mol. The smallest absolute Gasteiger partial charge is 0.222 e. The van der Waals surface area contributed by atoms with Crippen molar-refractivity contribution >= 4 is 11.0 Å². The number of hydrogen-bond donors (Lipinski definition) is 0. The van der Waals surface area contributed by atoms with Crippen LogP contribution in [-0.4, -0.2) is 38.4 Å². The highest BCUT2D eigenvalue weighted by Gasteiger charge is 2.19. The maximum Gasteiger partial charge on any atom is 0.222 e. The second-order valence-electron chi connectivity index (χ2n) is 7.69. The van der Waals surface area contributed by atoms with E-state index in [0.29, 0.717) is 18.9 Å². The molecule has 0 atom stereocenters. The molecular formula is C24H27N5O2. The van der Waals surface area contributed by atoms with Gasteiger partial charge in [-0.1, -0.05) is 0 Å². The van der Waals surface area contributed by atoms with Crippen molar-refractivity contribution in [2.24, 2.45) is 0 Å². The van der Waals surface area contributed by atoms with Gasteiger partial charge in [-0.2, -0.15) is 5.10 Å². The zero-order valence-electron chi connectivity index (χ0n) is 18.6. The van der Waals surface area contributed by atoms with E-state index in [-0.39, 0.29) is 6.04 Å². The molecule has 4 aromatic rings. The topological polar surface area (TPSA) is 75.0 Å². The number of aromatic nitrogens is 5. The summed E-state index contributed by atoms with van der Waals surface area (Å²) < 4.78 is 13.2. The molecule has 0 saturated carbocycles. The zero-order chi connectivity index (χ0) is 22.0. The van der Waals surface area contributed by atoms with Crippen molar-refractivity contribution in [3.63, 3.8) is 0 Å². The third-order valence-electron chi connectivity index (χ3n) is 5.12. The molecule has 31 heavy (non-hydrogen) atoms. The van der Waals surface area contributed by atoms with Gasteiger partial charge in [0.2, 0.25) is 5.88 Å². The number of hydrogen-bond acceptors (Lipinski definition) is 6. The average molecular weight is 418 g/mol. The van der Waals surface area contributed by atoms with Gasteiger partial charge in [0.15, 0.2) is 0 Å². The maximum absolute atomic E-state index is 5.77. The minimum atomic E-state index is 0.211. The number of pyridine rings is 3. The van der Waals surface area contributed by atoms with Gasteiger partial charge in [-0.3, -0.25) is 9.67 Å². The van der Waals surface area contributed by atoms with Crippen LogP contribution in [0.1, 0.15) is 43.6 Å². The SMILES string of the molecule is CCOc1ncccc1-c1cc(Cc2cncc(OC)c2)c2c(n1)c(C)nn2C(C)C. The van der Waals surface area contributed by atoms with E-state index in [0.717, 1.165) is 44.9 Å². The summed E-state index contributed by atoms with van der Waals surface area (Å²) in [4.78, 5) is 13.7. The van der Waals surface area contributed by atoms with Crippen LogP contribution in [0.5, 0.6) is 11.6 Å². The Bertz CT molecular complexity index is 1220. The van der Waals surface area contributed by atoms with Gasteiger partial charge in [0.05, 0.1) is 42.4 Å². The number of nitrogens with zero attached hydrogens (tertiary/aromatic N) is 5. The number of ether oxygens (including phenoxy) is 2.